The summed E-state index contributed by atoms with van der Waals surface area (Å²) < 4.78 is 20.8. The van der Waals surface area contributed by atoms with Crippen molar-refractivity contribution in [3.05, 3.63) is 112 Å². The average Bonchev–Trinajstić information content (AvgIpc) is 3.65. The highest BCUT2D eigenvalue weighted by atomic mass is 35.5. The number of nitrogens with zero attached hydrogens (tertiary/aromatic N) is 4. The number of aryl methyl sites for hydroxylation is 2. The summed E-state index contributed by atoms with van der Waals surface area (Å²) >= 11 is 12.7. The number of aromatic nitrogens is 2. The molecule has 0 spiro atoms. The van der Waals surface area contributed by atoms with Crippen LogP contribution >= 0.6 is 23.2 Å². The van der Waals surface area contributed by atoms with Crippen molar-refractivity contribution in [3.8, 4) is 5.75 Å². The first-order valence-corrected chi connectivity index (χ1v) is 15.1. The van der Waals surface area contributed by atoms with Crippen LogP contribution in [0.4, 0.5) is 5.69 Å². The Morgan fingerprint density at radius 2 is 1.79 bits per heavy atom. The van der Waals surface area contributed by atoms with Gasteiger partial charge in [0.2, 0.25) is 5.79 Å². The molecule has 3 aromatic carbocycles. The Bertz CT molecular complexity index is 1490. The van der Waals surface area contributed by atoms with E-state index in [0.717, 1.165) is 44.0 Å². The van der Waals surface area contributed by atoms with Gasteiger partial charge in [0, 0.05) is 61.4 Å². The highest BCUT2D eigenvalue weighted by Crippen LogP contribution is 2.40. The molecule has 2 atom stereocenters. The molecule has 0 bridgehead atoms. The molecule has 0 N–H and O–H groups in total. The minimum Gasteiger partial charge on any atom is -0.491 e. The molecule has 7 nitrogen and oxygen atoms in total. The second kappa shape index (κ2) is 12.7. The van der Waals surface area contributed by atoms with Crippen molar-refractivity contribution in [2.45, 2.75) is 38.8 Å². The number of benzene rings is 3. The first-order chi connectivity index (χ1) is 20.4. The highest BCUT2D eigenvalue weighted by molar-refractivity contribution is 6.35. The summed E-state index contributed by atoms with van der Waals surface area (Å²) in [6.07, 6.45) is 5.05. The van der Waals surface area contributed by atoms with Crippen molar-refractivity contribution in [2.24, 2.45) is 0 Å². The van der Waals surface area contributed by atoms with E-state index >= 15 is 0 Å². The summed E-state index contributed by atoms with van der Waals surface area (Å²) in [4.78, 5) is 9.14. The molecule has 3 heterocycles. The first kappa shape index (κ1) is 29.0. The third-order valence-electron chi connectivity index (χ3n) is 8.06. The molecule has 9 heteroatoms. The van der Waals surface area contributed by atoms with Gasteiger partial charge in [0.15, 0.2) is 0 Å². The molecular weight excluding hydrogens is 571 g/mol. The zero-order valence-electron chi connectivity index (χ0n) is 24.0. The van der Waals surface area contributed by atoms with E-state index in [2.05, 4.69) is 59.0 Å². The quantitative estimate of drug-likeness (QED) is 0.217. The van der Waals surface area contributed by atoms with E-state index < -0.39 is 5.79 Å². The van der Waals surface area contributed by atoms with Crippen molar-refractivity contribution < 1.29 is 14.2 Å². The Morgan fingerprint density at radius 1 is 0.976 bits per heavy atom. The van der Waals surface area contributed by atoms with E-state index in [4.69, 9.17) is 37.4 Å². The fraction of sp³-hybridized carbons (Fsp3) is 0.364. The van der Waals surface area contributed by atoms with Gasteiger partial charge in [-0.05, 0) is 61.4 Å². The number of anilines is 1. The summed E-state index contributed by atoms with van der Waals surface area (Å²) in [5.41, 5.74) is 6.06. The van der Waals surface area contributed by atoms with Gasteiger partial charge in [0.1, 0.15) is 18.5 Å². The van der Waals surface area contributed by atoms with Gasteiger partial charge in [-0.3, -0.25) is 4.90 Å². The standard InChI is InChI=1S/C33H36Cl2N4O3/c1-24-3-4-25(2)26(17-24)19-37-13-15-39(16-14-37)28-6-8-29(9-7-28)40-20-30-21-41-33(42-30,22-38-12-11-36-23-38)31-10-5-27(34)18-32(31)35/h3-12,17-18,23,30H,13-16,19-22H2,1-2H3/t30-,33-/m1/s1. The normalized spacial score (nSPS) is 21.1. The molecule has 0 amide bonds. The van der Waals surface area contributed by atoms with Crippen LogP contribution < -0.4 is 9.64 Å². The topological polar surface area (TPSA) is 52.0 Å². The fourth-order valence-electron chi connectivity index (χ4n) is 5.69. The van der Waals surface area contributed by atoms with Crippen molar-refractivity contribution >= 4 is 28.9 Å². The number of imidazole rings is 1. The molecule has 0 saturated carbocycles. The smallest absolute Gasteiger partial charge is 0.215 e. The first-order valence-electron chi connectivity index (χ1n) is 14.4. The minimum atomic E-state index is -1.07. The Kier molecular flexibility index (Phi) is 8.75. The van der Waals surface area contributed by atoms with Crippen molar-refractivity contribution in [1.82, 2.24) is 14.5 Å². The third kappa shape index (κ3) is 6.61. The van der Waals surface area contributed by atoms with Gasteiger partial charge in [0.05, 0.1) is 24.5 Å². The summed E-state index contributed by atoms with van der Waals surface area (Å²) in [7, 11) is 0. The van der Waals surface area contributed by atoms with Crippen LogP contribution in [-0.2, 0) is 28.4 Å². The molecule has 0 radical (unpaired) electrons. The fourth-order valence-corrected chi connectivity index (χ4v) is 6.25. The van der Waals surface area contributed by atoms with E-state index in [-0.39, 0.29) is 6.10 Å². The zero-order valence-corrected chi connectivity index (χ0v) is 25.5. The van der Waals surface area contributed by atoms with Crippen LogP contribution in [-0.4, -0.2) is 59.9 Å². The second-order valence-electron chi connectivity index (χ2n) is 11.2. The maximum absolute atomic E-state index is 6.59. The predicted molar refractivity (Wildman–Crippen MR) is 167 cm³/mol. The van der Waals surface area contributed by atoms with E-state index in [1.807, 2.05) is 29.0 Å². The van der Waals surface area contributed by atoms with Crippen LogP contribution in [0, 0.1) is 13.8 Å². The van der Waals surface area contributed by atoms with Crippen molar-refractivity contribution in [2.75, 3.05) is 44.3 Å². The Hall–Kier alpha value is -3.07. The second-order valence-corrected chi connectivity index (χ2v) is 12.0. The molecule has 4 aromatic rings. The van der Waals surface area contributed by atoms with E-state index in [0.29, 0.717) is 29.8 Å². The zero-order chi connectivity index (χ0) is 29.1. The number of hydrogen-bond donors (Lipinski definition) is 0. The summed E-state index contributed by atoms with van der Waals surface area (Å²) in [5, 5.41) is 1.05. The van der Waals surface area contributed by atoms with Gasteiger partial charge >= 0.3 is 0 Å². The van der Waals surface area contributed by atoms with Crippen molar-refractivity contribution in [3.63, 3.8) is 0 Å². The largest absolute Gasteiger partial charge is 0.491 e. The van der Waals surface area contributed by atoms with Gasteiger partial charge in [-0.1, -0.05) is 53.0 Å². The Balaban J connectivity index is 1.03. The number of rotatable bonds is 9. The van der Waals surface area contributed by atoms with E-state index in [1.54, 1.807) is 24.7 Å². The molecule has 42 heavy (non-hydrogen) atoms. The number of halogens is 2. The average molecular weight is 608 g/mol. The lowest BCUT2D eigenvalue weighted by Gasteiger charge is -2.36. The molecule has 2 fully saturated rings. The molecule has 220 valence electrons. The van der Waals surface area contributed by atoms with Gasteiger partial charge in [-0.2, -0.15) is 0 Å². The van der Waals surface area contributed by atoms with Crippen LogP contribution in [0.2, 0.25) is 10.0 Å². The number of ether oxygens (including phenoxy) is 3. The molecule has 2 saturated heterocycles. The molecule has 0 unspecified atom stereocenters. The summed E-state index contributed by atoms with van der Waals surface area (Å²) in [6.45, 7) is 10.6. The molecule has 2 aliphatic heterocycles. The van der Waals surface area contributed by atoms with Crippen LogP contribution in [0.3, 0.4) is 0 Å². The lowest BCUT2D eigenvalue weighted by molar-refractivity contribution is -0.189. The molecule has 1 aromatic heterocycles. The molecule has 2 aliphatic rings. The lowest BCUT2D eigenvalue weighted by Crippen LogP contribution is -2.46. The maximum atomic E-state index is 6.59. The molecular formula is C33H36Cl2N4O3. The van der Waals surface area contributed by atoms with E-state index in [1.165, 1.54) is 22.4 Å². The van der Waals surface area contributed by atoms with Gasteiger partial charge in [0.25, 0.3) is 0 Å². The minimum absolute atomic E-state index is 0.273. The van der Waals surface area contributed by atoms with Crippen LogP contribution in [0.5, 0.6) is 5.75 Å². The number of piperazine rings is 1. The molecule has 0 aliphatic carbocycles. The van der Waals surface area contributed by atoms with Crippen LogP contribution in [0.25, 0.3) is 0 Å². The van der Waals surface area contributed by atoms with Gasteiger partial charge < -0.3 is 23.7 Å². The monoisotopic (exact) mass is 606 g/mol. The predicted octanol–water partition coefficient (Wildman–Crippen LogP) is 6.48. The third-order valence-corrected chi connectivity index (χ3v) is 8.61. The van der Waals surface area contributed by atoms with E-state index in [9.17, 15) is 0 Å². The van der Waals surface area contributed by atoms with Crippen LogP contribution in [0.1, 0.15) is 22.3 Å². The van der Waals surface area contributed by atoms with Crippen molar-refractivity contribution in [1.29, 1.82) is 0 Å². The number of hydrogen-bond acceptors (Lipinski definition) is 6. The summed E-state index contributed by atoms with van der Waals surface area (Å²) in [5.74, 6) is -0.270. The highest BCUT2D eigenvalue weighted by Gasteiger charge is 2.45. The maximum Gasteiger partial charge on any atom is 0.215 e. The van der Waals surface area contributed by atoms with Gasteiger partial charge in [-0.25, -0.2) is 4.98 Å². The molecule has 6 rings (SSSR count). The summed E-state index contributed by atoms with van der Waals surface area (Å²) in [6, 6.07) is 20.4. The van der Waals surface area contributed by atoms with Crippen LogP contribution in [0.15, 0.2) is 79.4 Å². The lowest BCUT2D eigenvalue weighted by atomic mass is 10.0. The SMILES string of the molecule is Cc1ccc(C)c(CN2CCN(c3ccc(OC[C@@H]4CO[C@@](Cn5ccnc5)(c5ccc(Cl)cc5Cl)O4)cc3)CC2)c1. The Morgan fingerprint density at radius 3 is 2.52 bits per heavy atom. The van der Waals surface area contributed by atoms with Gasteiger partial charge in [-0.15, -0.1) is 0 Å². The Labute approximate surface area is 257 Å².